The summed E-state index contributed by atoms with van der Waals surface area (Å²) >= 11 is 0. The first-order valence-electron chi connectivity index (χ1n) is 10.4. The molecule has 33 heavy (non-hydrogen) atoms. The Bertz CT molecular complexity index is 1310. The highest BCUT2D eigenvalue weighted by Gasteiger charge is 2.40. The van der Waals surface area contributed by atoms with Crippen LogP contribution < -0.4 is 15.1 Å². The summed E-state index contributed by atoms with van der Waals surface area (Å²) in [6.45, 7) is 3.87. The number of carbonyl (C=O) groups is 2. The van der Waals surface area contributed by atoms with Crippen LogP contribution >= 0.6 is 0 Å². The van der Waals surface area contributed by atoms with Crippen molar-refractivity contribution in [2.45, 2.75) is 13.8 Å². The second-order valence-corrected chi connectivity index (χ2v) is 8.16. The molecule has 0 atom stereocenters. The molecule has 0 saturated heterocycles. The van der Waals surface area contributed by atoms with Crippen LogP contribution in [0.2, 0.25) is 0 Å². The molecule has 3 aromatic rings. The minimum atomic E-state index is -1.05. The zero-order valence-electron chi connectivity index (χ0n) is 18.7. The van der Waals surface area contributed by atoms with Gasteiger partial charge in [-0.05, 0) is 60.9 Å². The SMILES string of the molecule is Cc1ccc(C2=C(Nc3ccc(F)c(F)c3)C(=O)N(c3cccc(N(C)C)c3)C2=O)cc1C. The Morgan fingerprint density at radius 2 is 1.58 bits per heavy atom. The fraction of sp³-hybridized carbons (Fsp3) is 0.154. The second-order valence-electron chi connectivity index (χ2n) is 8.16. The number of halogens is 2. The van der Waals surface area contributed by atoms with E-state index in [-0.39, 0.29) is 17.0 Å². The molecule has 0 radical (unpaired) electrons. The van der Waals surface area contributed by atoms with E-state index in [2.05, 4.69) is 5.32 Å². The van der Waals surface area contributed by atoms with Gasteiger partial charge in [0.2, 0.25) is 0 Å². The van der Waals surface area contributed by atoms with E-state index in [0.29, 0.717) is 11.3 Å². The molecular formula is C26H23F2N3O2. The van der Waals surface area contributed by atoms with Crippen molar-refractivity contribution in [3.8, 4) is 0 Å². The molecule has 0 saturated carbocycles. The lowest BCUT2D eigenvalue weighted by Crippen LogP contribution is -2.32. The number of amides is 2. The van der Waals surface area contributed by atoms with Crippen molar-refractivity contribution in [1.82, 2.24) is 0 Å². The Morgan fingerprint density at radius 1 is 0.818 bits per heavy atom. The van der Waals surface area contributed by atoms with Crippen LogP contribution in [-0.2, 0) is 9.59 Å². The molecule has 2 amide bonds. The summed E-state index contributed by atoms with van der Waals surface area (Å²) in [7, 11) is 3.73. The molecule has 4 rings (SSSR count). The molecule has 0 aromatic heterocycles. The van der Waals surface area contributed by atoms with Gasteiger partial charge in [0.25, 0.3) is 11.8 Å². The summed E-state index contributed by atoms with van der Waals surface area (Å²) in [6.07, 6.45) is 0. The molecular weight excluding hydrogens is 424 g/mol. The average Bonchev–Trinajstić information content (AvgIpc) is 3.02. The standard InChI is InChI=1S/C26H23F2N3O2/c1-15-8-9-17(12-16(15)2)23-24(29-18-10-11-21(27)22(28)13-18)26(33)31(25(23)32)20-7-5-6-19(14-20)30(3)4/h5-14,29H,1-4H3. The van der Waals surface area contributed by atoms with E-state index in [4.69, 9.17) is 0 Å². The highest BCUT2D eigenvalue weighted by molar-refractivity contribution is 6.46. The third kappa shape index (κ3) is 4.09. The highest BCUT2D eigenvalue weighted by Crippen LogP contribution is 2.35. The van der Waals surface area contributed by atoms with Gasteiger partial charge in [-0.1, -0.05) is 24.3 Å². The van der Waals surface area contributed by atoms with Gasteiger partial charge in [-0.25, -0.2) is 13.7 Å². The molecule has 0 aliphatic carbocycles. The third-order valence-electron chi connectivity index (χ3n) is 5.67. The minimum Gasteiger partial charge on any atom is -0.378 e. The molecule has 1 N–H and O–H groups in total. The number of hydrogen-bond donors (Lipinski definition) is 1. The van der Waals surface area contributed by atoms with Crippen LogP contribution in [0, 0.1) is 25.5 Å². The smallest absolute Gasteiger partial charge is 0.282 e. The van der Waals surface area contributed by atoms with Crippen molar-refractivity contribution in [1.29, 1.82) is 0 Å². The van der Waals surface area contributed by atoms with Crippen LogP contribution in [0.15, 0.2) is 66.4 Å². The lowest BCUT2D eigenvalue weighted by atomic mass is 9.99. The molecule has 1 aliphatic rings. The topological polar surface area (TPSA) is 52.7 Å². The summed E-state index contributed by atoms with van der Waals surface area (Å²) in [5, 5.41) is 2.86. The Kier molecular flexibility index (Phi) is 5.72. The van der Waals surface area contributed by atoms with Crippen LogP contribution in [0.4, 0.5) is 25.8 Å². The minimum absolute atomic E-state index is 0.00418. The van der Waals surface area contributed by atoms with E-state index in [1.54, 1.807) is 24.3 Å². The van der Waals surface area contributed by atoms with Gasteiger partial charge in [0, 0.05) is 31.5 Å². The maximum Gasteiger partial charge on any atom is 0.282 e. The number of carbonyl (C=O) groups excluding carboxylic acids is 2. The monoisotopic (exact) mass is 447 g/mol. The van der Waals surface area contributed by atoms with E-state index in [9.17, 15) is 18.4 Å². The van der Waals surface area contributed by atoms with Gasteiger partial charge in [0.1, 0.15) is 5.70 Å². The fourth-order valence-corrected chi connectivity index (χ4v) is 3.67. The van der Waals surface area contributed by atoms with Crippen molar-refractivity contribution >= 4 is 34.4 Å². The maximum absolute atomic E-state index is 13.8. The van der Waals surface area contributed by atoms with Gasteiger partial charge >= 0.3 is 0 Å². The quantitative estimate of drug-likeness (QED) is 0.557. The van der Waals surface area contributed by atoms with E-state index in [1.165, 1.54) is 6.07 Å². The van der Waals surface area contributed by atoms with Crippen LogP contribution in [0.1, 0.15) is 16.7 Å². The Labute approximate surface area is 190 Å². The number of rotatable bonds is 5. The van der Waals surface area contributed by atoms with Gasteiger partial charge in [0.05, 0.1) is 11.3 Å². The molecule has 3 aromatic carbocycles. The maximum atomic E-state index is 13.8. The first-order valence-corrected chi connectivity index (χ1v) is 10.4. The molecule has 5 nitrogen and oxygen atoms in total. The van der Waals surface area contributed by atoms with Gasteiger partial charge in [-0.15, -0.1) is 0 Å². The number of nitrogens with one attached hydrogen (secondary N) is 1. The van der Waals surface area contributed by atoms with Crippen LogP contribution in [0.5, 0.6) is 0 Å². The molecule has 0 spiro atoms. The number of imide groups is 1. The molecule has 1 aliphatic heterocycles. The van der Waals surface area contributed by atoms with E-state index in [1.807, 2.05) is 51.0 Å². The zero-order valence-corrected chi connectivity index (χ0v) is 18.7. The van der Waals surface area contributed by atoms with Crippen molar-refractivity contribution in [2.24, 2.45) is 0 Å². The number of hydrogen-bond acceptors (Lipinski definition) is 4. The predicted octanol–water partition coefficient (Wildman–Crippen LogP) is 5.04. The van der Waals surface area contributed by atoms with Crippen LogP contribution in [0.3, 0.4) is 0 Å². The Morgan fingerprint density at radius 3 is 2.24 bits per heavy atom. The normalized spacial score (nSPS) is 13.7. The summed E-state index contributed by atoms with van der Waals surface area (Å²) < 4.78 is 27.2. The largest absolute Gasteiger partial charge is 0.378 e. The molecule has 7 heteroatoms. The lowest BCUT2D eigenvalue weighted by molar-refractivity contribution is -0.120. The number of anilines is 3. The third-order valence-corrected chi connectivity index (χ3v) is 5.67. The zero-order chi connectivity index (χ0) is 23.9. The number of nitrogens with zero attached hydrogens (tertiary/aromatic N) is 2. The number of benzene rings is 3. The number of aryl methyl sites for hydroxylation is 2. The van der Waals surface area contributed by atoms with Crippen LogP contribution in [-0.4, -0.2) is 25.9 Å². The lowest BCUT2D eigenvalue weighted by Gasteiger charge is -2.19. The van der Waals surface area contributed by atoms with E-state index >= 15 is 0 Å². The first kappa shape index (κ1) is 22.2. The summed E-state index contributed by atoms with van der Waals surface area (Å²) in [6, 6.07) is 15.8. The van der Waals surface area contributed by atoms with Gasteiger partial charge in [0.15, 0.2) is 11.6 Å². The molecule has 1 heterocycles. The molecule has 0 unspecified atom stereocenters. The second kappa shape index (κ2) is 8.50. The molecule has 168 valence electrons. The van der Waals surface area contributed by atoms with Crippen molar-refractivity contribution in [2.75, 3.05) is 29.2 Å². The van der Waals surface area contributed by atoms with Crippen molar-refractivity contribution in [3.63, 3.8) is 0 Å². The first-order chi connectivity index (χ1) is 15.7. The average molecular weight is 447 g/mol. The van der Waals surface area contributed by atoms with Gasteiger partial charge < -0.3 is 10.2 Å². The Hall–Kier alpha value is -4.00. The van der Waals surface area contributed by atoms with Crippen molar-refractivity contribution in [3.05, 3.63) is 94.7 Å². The summed E-state index contributed by atoms with van der Waals surface area (Å²) in [5.74, 6) is -3.13. The fourth-order valence-electron chi connectivity index (χ4n) is 3.67. The highest BCUT2D eigenvalue weighted by atomic mass is 19.2. The summed E-state index contributed by atoms with van der Waals surface area (Å²) in [5.41, 5.74) is 4.14. The van der Waals surface area contributed by atoms with E-state index < -0.39 is 23.4 Å². The molecule has 0 fully saturated rings. The van der Waals surface area contributed by atoms with E-state index in [0.717, 1.165) is 33.8 Å². The van der Waals surface area contributed by atoms with Crippen LogP contribution in [0.25, 0.3) is 5.57 Å². The summed E-state index contributed by atoms with van der Waals surface area (Å²) in [4.78, 5) is 30.0. The molecule has 0 bridgehead atoms. The van der Waals surface area contributed by atoms with Crippen molar-refractivity contribution < 1.29 is 18.4 Å². The van der Waals surface area contributed by atoms with Gasteiger partial charge in [-0.3, -0.25) is 9.59 Å². The van der Waals surface area contributed by atoms with Gasteiger partial charge in [-0.2, -0.15) is 0 Å². The Balaban J connectivity index is 1.84. The predicted molar refractivity (Wildman–Crippen MR) is 126 cm³/mol.